The van der Waals surface area contributed by atoms with Crippen LogP contribution in [0.3, 0.4) is 0 Å². The van der Waals surface area contributed by atoms with Gasteiger partial charge in [0.05, 0.1) is 0 Å². The normalized spacial score (nSPS) is 12.7. The number of aromatic nitrogens is 3. The monoisotopic (exact) mass is 858 g/mol. The fourth-order valence-corrected chi connectivity index (χ4v) is 10.4. The van der Waals surface area contributed by atoms with Gasteiger partial charge in [-0.25, -0.2) is 15.0 Å². The largest absolute Gasteiger partial charge is 0.455 e. The minimum Gasteiger partial charge on any atom is -0.455 e. The molecule has 316 valence electrons. The lowest BCUT2D eigenvalue weighted by Crippen LogP contribution is -2.16. The van der Waals surface area contributed by atoms with Crippen molar-refractivity contribution in [1.82, 2.24) is 15.0 Å². The van der Waals surface area contributed by atoms with E-state index in [9.17, 15) is 0 Å². The molecular weight excluding hydrogens is 817 g/mol. The summed E-state index contributed by atoms with van der Waals surface area (Å²) in [5.41, 5.74) is 15.1. The Morgan fingerprint density at radius 2 is 0.985 bits per heavy atom. The molecule has 0 saturated heterocycles. The molecule has 0 aliphatic heterocycles. The molecule has 2 aromatic heterocycles. The molecule has 5 heteroatoms. The van der Waals surface area contributed by atoms with Crippen molar-refractivity contribution in [2.75, 3.05) is 4.90 Å². The lowest BCUT2D eigenvalue weighted by atomic mass is 9.82. The van der Waals surface area contributed by atoms with Crippen LogP contribution in [0.1, 0.15) is 25.0 Å². The smallest absolute Gasteiger partial charge is 0.164 e. The van der Waals surface area contributed by atoms with E-state index >= 15 is 0 Å². The number of anilines is 3. The van der Waals surface area contributed by atoms with E-state index in [1.54, 1.807) is 0 Å². The van der Waals surface area contributed by atoms with Crippen LogP contribution in [0, 0.1) is 0 Å². The number of para-hydroxylation sites is 2. The number of hydrogen-bond donors (Lipinski definition) is 0. The molecule has 13 rings (SSSR count). The van der Waals surface area contributed by atoms with Gasteiger partial charge in [-0.2, -0.15) is 0 Å². The Hall–Kier alpha value is -8.67. The zero-order valence-corrected chi connectivity index (χ0v) is 37.0. The summed E-state index contributed by atoms with van der Waals surface area (Å²) >= 11 is 0. The van der Waals surface area contributed by atoms with Crippen molar-refractivity contribution >= 4 is 60.5 Å². The Labute approximate surface area is 388 Å². The van der Waals surface area contributed by atoms with Crippen LogP contribution >= 0.6 is 0 Å². The summed E-state index contributed by atoms with van der Waals surface area (Å²) in [7, 11) is 0. The standard InChI is InChI=1S/C62H42N4O/c1-62(2)54-26-13-11-22-47(54)48-35-34-46(37-55(48)62)66(44-20-7-4-8-21-44)45-32-30-40(31-33-45)52-38-53-49(58-57(52)51-23-12-14-27-56(51)67-58)24-15-25-50(53)61-64-59(41-17-5-3-6-18-41)63-60(65-61)43-29-28-39-16-9-10-19-42(39)36-43/h3-38H,1-2H3. The quantitative estimate of drug-likeness (QED) is 0.160. The number of rotatable bonds is 7. The van der Waals surface area contributed by atoms with Gasteiger partial charge in [-0.05, 0) is 104 Å². The summed E-state index contributed by atoms with van der Waals surface area (Å²) in [6, 6.07) is 77.3. The second kappa shape index (κ2) is 15.2. The average molecular weight is 859 g/mol. The molecule has 12 aromatic rings. The molecule has 0 amide bonds. The molecule has 0 fully saturated rings. The van der Waals surface area contributed by atoms with E-state index in [-0.39, 0.29) is 5.41 Å². The third kappa shape index (κ3) is 6.34. The Morgan fingerprint density at radius 3 is 1.82 bits per heavy atom. The number of hydrogen-bond acceptors (Lipinski definition) is 5. The summed E-state index contributed by atoms with van der Waals surface area (Å²) in [5, 5.41) is 6.43. The molecular formula is C62H42N4O. The van der Waals surface area contributed by atoms with Gasteiger partial charge >= 0.3 is 0 Å². The summed E-state index contributed by atoms with van der Waals surface area (Å²) in [6.07, 6.45) is 0. The fourth-order valence-electron chi connectivity index (χ4n) is 10.4. The highest BCUT2D eigenvalue weighted by Gasteiger charge is 2.35. The molecule has 67 heavy (non-hydrogen) atoms. The van der Waals surface area contributed by atoms with Crippen LogP contribution in [0.25, 0.3) is 99.9 Å². The van der Waals surface area contributed by atoms with E-state index in [1.807, 2.05) is 24.3 Å². The van der Waals surface area contributed by atoms with Gasteiger partial charge in [0.2, 0.25) is 0 Å². The maximum atomic E-state index is 6.84. The molecule has 2 heterocycles. The SMILES string of the molecule is CC1(C)c2ccccc2-c2ccc(N(c3ccccc3)c3ccc(-c4cc5c(-c6nc(-c7ccccc7)nc(-c7ccc8ccccc8c7)n6)cccc5c5oc6ccccc6c45)cc3)cc21. The maximum absolute atomic E-state index is 6.84. The Balaban J connectivity index is 0.985. The first-order chi connectivity index (χ1) is 33.0. The van der Waals surface area contributed by atoms with Crippen molar-refractivity contribution in [3.63, 3.8) is 0 Å². The molecule has 0 bridgehead atoms. The minimum atomic E-state index is -0.121. The molecule has 1 aliphatic rings. The van der Waals surface area contributed by atoms with Crippen LogP contribution in [-0.4, -0.2) is 15.0 Å². The number of nitrogens with zero attached hydrogens (tertiary/aromatic N) is 4. The van der Waals surface area contributed by atoms with E-state index in [0.717, 1.165) is 83.0 Å². The first kappa shape index (κ1) is 38.8. The topological polar surface area (TPSA) is 55.1 Å². The van der Waals surface area contributed by atoms with E-state index < -0.39 is 0 Å². The molecule has 0 radical (unpaired) electrons. The van der Waals surface area contributed by atoms with Crippen LogP contribution in [0.15, 0.2) is 223 Å². The van der Waals surface area contributed by atoms with Crippen molar-refractivity contribution in [2.24, 2.45) is 0 Å². The predicted molar refractivity (Wildman–Crippen MR) is 276 cm³/mol. The molecule has 0 atom stereocenters. The van der Waals surface area contributed by atoms with Gasteiger partial charge in [0.25, 0.3) is 0 Å². The highest BCUT2D eigenvalue weighted by Crippen LogP contribution is 2.51. The maximum Gasteiger partial charge on any atom is 0.164 e. The number of benzene rings is 10. The van der Waals surface area contributed by atoms with Gasteiger partial charge in [-0.15, -0.1) is 0 Å². The van der Waals surface area contributed by atoms with Gasteiger partial charge in [0, 0.05) is 55.3 Å². The third-order valence-electron chi connectivity index (χ3n) is 13.7. The van der Waals surface area contributed by atoms with E-state index in [1.165, 1.54) is 27.6 Å². The van der Waals surface area contributed by atoms with Gasteiger partial charge in [0.1, 0.15) is 11.2 Å². The Morgan fingerprint density at radius 1 is 0.373 bits per heavy atom. The van der Waals surface area contributed by atoms with Crippen molar-refractivity contribution in [1.29, 1.82) is 0 Å². The van der Waals surface area contributed by atoms with Crippen LogP contribution in [0.4, 0.5) is 17.1 Å². The summed E-state index contributed by atoms with van der Waals surface area (Å²) in [6.45, 7) is 4.68. The second-order valence-electron chi connectivity index (χ2n) is 18.0. The third-order valence-corrected chi connectivity index (χ3v) is 13.7. The van der Waals surface area contributed by atoms with Crippen molar-refractivity contribution < 1.29 is 4.42 Å². The van der Waals surface area contributed by atoms with E-state index in [0.29, 0.717) is 17.5 Å². The molecule has 1 aliphatic carbocycles. The van der Waals surface area contributed by atoms with Crippen LogP contribution < -0.4 is 4.90 Å². The zero-order valence-electron chi connectivity index (χ0n) is 37.0. The van der Waals surface area contributed by atoms with Gasteiger partial charge in [-0.3, -0.25) is 0 Å². The minimum absolute atomic E-state index is 0.121. The molecule has 0 saturated carbocycles. The van der Waals surface area contributed by atoms with Crippen molar-refractivity contribution in [3.8, 4) is 56.4 Å². The zero-order chi connectivity index (χ0) is 44.6. The summed E-state index contributed by atoms with van der Waals surface area (Å²) in [5.74, 6) is 1.83. The number of furan rings is 1. The molecule has 0 unspecified atom stereocenters. The van der Waals surface area contributed by atoms with E-state index in [2.05, 4.69) is 213 Å². The van der Waals surface area contributed by atoms with Crippen LogP contribution in [-0.2, 0) is 5.41 Å². The second-order valence-corrected chi connectivity index (χ2v) is 18.0. The fraction of sp³-hybridized carbons (Fsp3) is 0.0484. The number of fused-ring (bicyclic) bond motifs is 9. The average Bonchev–Trinajstić information content (AvgIpc) is 3.89. The molecule has 0 N–H and O–H groups in total. The van der Waals surface area contributed by atoms with Crippen LogP contribution in [0.2, 0.25) is 0 Å². The summed E-state index contributed by atoms with van der Waals surface area (Å²) < 4.78 is 6.84. The van der Waals surface area contributed by atoms with Crippen LogP contribution in [0.5, 0.6) is 0 Å². The Bertz CT molecular complexity index is 3890. The Kier molecular flexibility index (Phi) is 8.80. The van der Waals surface area contributed by atoms with Gasteiger partial charge < -0.3 is 9.32 Å². The molecule has 5 nitrogen and oxygen atoms in total. The van der Waals surface area contributed by atoms with Crippen molar-refractivity contribution in [2.45, 2.75) is 19.3 Å². The first-order valence-corrected chi connectivity index (χ1v) is 22.8. The van der Waals surface area contributed by atoms with Gasteiger partial charge in [0.15, 0.2) is 17.5 Å². The van der Waals surface area contributed by atoms with Crippen molar-refractivity contribution in [3.05, 3.63) is 230 Å². The van der Waals surface area contributed by atoms with E-state index in [4.69, 9.17) is 19.4 Å². The molecule has 0 spiro atoms. The highest BCUT2D eigenvalue weighted by atomic mass is 16.3. The lowest BCUT2D eigenvalue weighted by molar-refractivity contribution is 0.660. The first-order valence-electron chi connectivity index (χ1n) is 22.8. The predicted octanol–water partition coefficient (Wildman–Crippen LogP) is 16.5. The summed E-state index contributed by atoms with van der Waals surface area (Å²) in [4.78, 5) is 17.9. The highest BCUT2D eigenvalue weighted by molar-refractivity contribution is 6.23. The lowest BCUT2D eigenvalue weighted by Gasteiger charge is -2.28. The van der Waals surface area contributed by atoms with Gasteiger partial charge in [-0.1, -0.05) is 178 Å². The molecule has 10 aromatic carbocycles.